The lowest BCUT2D eigenvalue weighted by atomic mass is 10.1. The Kier molecular flexibility index (Phi) is 3.92. The van der Waals surface area contributed by atoms with Crippen LogP contribution >= 0.6 is 0 Å². The third-order valence-corrected chi connectivity index (χ3v) is 3.78. The van der Waals surface area contributed by atoms with Gasteiger partial charge in [-0.05, 0) is 12.1 Å². The van der Waals surface area contributed by atoms with Gasteiger partial charge in [0.2, 0.25) is 0 Å². The molecule has 2 aromatic rings. The summed E-state index contributed by atoms with van der Waals surface area (Å²) in [5.74, 6) is -1.34. The number of rotatable bonds is 4. The van der Waals surface area contributed by atoms with Crippen LogP contribution in [-0.2, 0) is 9.47 Å². The zero-order chi connectivity index (χ0) is 17.4. The molecular formula is C16H15N3O5. The Bertz CT molecular complexity index is 899. The number of aromatic nitrogens is 1. The highest BCUT2D eigenvalue weighted by molar-refractivity contribution is 6.23. The molecule has 0 aliphatic carbocycles. The van der Waals surface area contributed by atoms with Crippen molar-refractivity contribution in [3.8, 4) is 5.69 Å². The van der Waals surface area contributed by atoms with Gasteiger partial charge < -0.3 is 15.2 Å². The average Bonchev–Trinajstić information content (AvgIpc) is 2.83. The maximum Gasteiger partial charge on any atom is 0.262 e. The lowest BCUT2D eigenvalue weighted by Crippen LogP contribution is -2.24. The molecule has 0 saturated carbocycles. The van der Waals surface area contributed by atoms with Crippen molar-refractivity contribution in [1.29, 1.82) is 0 Å². The van der Waals surface area contributed by atoms with Gasteiger partial charge in [-0.2, -0.15) is 0 Å². The first-order valence-corrected chi connectivity index (χ1v) is 7.05. The number of benzene rings is 1. The lowest BCUT2D eigenvalue weighted by Gasteiger charge is -2.16. The number of carbonyl (C=O) groups is 2. The van der Waals surface area contributed by atoms with Crippen LogP contribution in [0.15, 0.2) is 35.1 Å². The second kappa shape index (κ2) is 5.91. The number of hydrogen-bond acceptors (Lipinski definition) is 6. The summed E-state index contributed by atoms with van der Waals surface area (Å²) in [7, 11) is 2.99. The number of pyridine rings is 1. The average molecular weight is 329 g/mol. The minimum atomic E-state index is -0.626. The topological polar surface area (TPSA) is 113 Å². The molecule has 0 radical (unpaired) electrons. The van der Waals surface area contributed by atoms with Crippen molar-refractivity contribution in [3.63, 3.8) is 0 Å². The van der Waals surface area contributed by atoms with Gasteiger partial charge in [-0.25, -0.2) is 0 Å². The molecule has 0 spiro atoms. The second-order valence-corrected chi connectivity index (χ2v) is 5.17. The van der Waals surface area contributed by atoms with E-state index in [-0.39, 0.29) is 16.9 Å². The van der Waals surface area contributed by atoms with E-state index in [9.17, 15) is 14.4 Å². The predicted molar refractivity (Wildman–Crippen MR) is 85.0 cm³/mol. The first-order valence-electron chi connectivity index (χ1n) is 7.05. The Morgan fingerprint density at radius 2 is 1.79 bits per heavy atom. The molecule has 24 heavy (non-hydrogen) atoms. The highest BCUT2D eigenvalue weighted by Crippen LogP contribution is 2.25. The molecule has 0 unspecified atom stereocenters. The van der Waals surface area contributed by atoms with Gasteiger partial charge in [-0.3, -0.25) is 24.3 Å². The number of anilines is 1. The van der Waals surface area contributed by atoms with Crippen LogP contribution in [-0.4, -0.2) is 30.6 Å². The number of amides is 2. The van der Waals surface area contributed by atoms with Crippen LogP contribution in [0.4, 0.5) is 5.82 Å². The molecule has 1 aliphatic heterocycles. The van der Waals surface area contributed by atoms with Crippen LogP contribution in [0.1, 0.15) is 32.6 Å². The van der Waals surface area contributed by atoms with Crippen molar-refractivity contribution < 1.29 is 19.1 Å². The molecule has 1 aromatic heterocycles. The number of nitrogens with one attached hydrogen (secondary N) is 1. The van der Waals surface area contributed by atoms with E-state index >= 15 is 0 Å². The molecule has 3 N–H and O–H groups in total. The van der Waals surface area contributed by atoms with E-state index < -0.39 is 23.7 Å². The van der Waals surface area contributed by atoms with Crippen molar-refractivity contribution in [1.82, 2.24) is 9.88 Å². The van der Waals surface area contributed by atoms with Crippen LogP contribution in [0.5, 0.6) is 0 Å². The summed E-state index contributed by atoms with van der Waals surface area (Å²) < 4.78 is 11.6. The number of methoxy groups -OCH3 is 2. The third-order valence-electron chi connectivity index (χ3n) is 3.78. The molecule has 124 valence electrons. The number of nitrogens with two attached hydrogens (primary N) is 1. The lowest BCUT2D eigenvalue weighted by molar-refractivity contribution is -0.106. The molecule has 2 amide bonds. The molecule has 2 heterocycles. The highest BCUT2D eigenvalue weighted by atomic mass is 16.7. The Labute approximate surface area is 136 Å². The maximum atomic E-state index is 12.4. The number of hydrogen-bond donors (Lipinski definition) is 2. The van der Waals surface area contributed by atoms with Crippen LogP contribution in [0.3, 0.4) is 0 Å². The molecule has 0 bridgehead atoms. The molecule has 0 fully saturated rings. The van der Waals surface area contributed by atoms with Crippen LogP contribution in [0.2, 0.25) is 0 Å². The number of fused-ring (bicyclic) bond motifs is 1. The van der Waals surface area contributed by atoms with Crippen LogP contribution in [0, 0.1) is 0 Å². The van der Waals surface area contributed by atoms with Crippen molar-refractivity contribution in [2.24, 2.45) is 0 Å². The number of nitrogens with zero attached hydrogens (tertiary/aromatic N) is 1. The summed E-state index contributed by atoms with van der Waals surface area (Å²) in [6, 6.07) is 7.90. The Morgan fingerprint density at radius 1 is 1.08 bits per heavy atom. The number of nitrogen functional groups attached to an aromatic ring is 1. The zero-order valence-electron chi connectivity index (χ0n) is 13.0. The molecule has 8 nitrogen and oxygen atoms in total. The quantitative estimate of drug-likeness (QED) is 0.627. The zero-order valence-corrected chi connectivity index (χ0v) is 13.0. The minimum absolute atomic E-state index is 0.0000334. The third kappa shape index (κ3) is 2.38. The second-order valence-electron chi connectivity index (χ2n) is 5.17. The standard InChI is InChI=1S/C16H15N3O5/c1-23-16(24-2)8-4-3-5-9(6-8)19-11(20)7-10-12(13(19)17)15(22)18-14(10)21/h3-7,16H,17H2,1-2H3,(H,18,21,22). The normalized spacial score (nSPS) is 13.3. The van der Waals surface area contributed by atoms with Crippen LogP contribution in [0.25, 0.3) is 5.69 Å². The van der Waals surface area contributed by atoms with Crippen LogP contribution < -0.4 is 16.6 Å². The summed E-state index contributed by atoms with van der Waals surface area (Å²) >= 11 is 0. The molecular weight excluding hydrogens is 314 g/mol. The molecule has 1 aliphatic rings. The Hall–Kier alpha value is -2.97. The largest absolute Gasteiger partial charge is 0.384 e. The van der Waals surface area contributed by atoms with Crippen molar-refractivity contribution >= 4 is 17.6 Å². The molecule has 0 saturated heterocycles. The fraction of sp³-hybridized carbons (Fsp3) is 0.188. The van der Waals surface area contributed by atoms with Crippen molar-refractivity contribution in [2.45, 2.75) is 6.29 Å². The first kappa shape index (κ1) is 15.9. The van der Waals surface area contributed by atoms with Gasteiger partial charge in [0.15, 0.2) is 6.29 Å². The maximum absolute atomic E-state index is 12.4. The minimum Gasteiger partial charge on any atom is -0.384 e. The van der Waals surface area contributed by atoms with Gasteiger partial charge in [0.1, 0.15) is 5.82 Å². The van der Waals surface area contributed by atoms with E-state index in [1.807, 2.05) is 0 Å². The molecule has 1 aromatic carbocycles. The van der Waals surface area contributed by atoms with E-state index in [2.05, 4.69) is 5.32 Å². The fourth-order valence-electron chi connectivity index (χ4n) is 2.72. The predicted octanol–water partition coefficient (Wildman–Crippen LogP) is 0.595. The van der Waals surface area contributed by atoms with Gasteiger partial charge >= 0.3 is 0 Å². The summed E-state index contributed by atoms with van der Waals surface area (Å²) in [6.45, 7) is 0. The van der Waals surface area contributed by atoms with E-state index in [4.69, 9.17) is 15.2 Å². The summed E-state index contributed by atoms with van der Waals surface area (Å²) in [6.07, 6.45) is -0.610. The smallest absolute Gasteiger partial charge is 0.262 e. The molecule has 8 heteroatoms. The summed E-state index contributed by atoms with van der Waals surface area (Å²) in [4.78, 5) is 36.0. The molecule has 0 atom stereocenters. The summed E-state index contributed by atoms with van der Waals surface area (Å²) in [5.41, 5.74) is 6.58. The Morgan fingerprint density at radius 3 is 2.46 bits per heavy atom. The number of imide groups is 1. The van der Waals surface area contributed by atoms with E-state index in [0.29, 0.717) is 11.3 Å². The number of ether oxygens (including phenoxy) is 2. The van der Waals surface area contributed by atoms with Crippen molar-refractivity contribution in [2.75, 3.05) is 20.0 Å². The first-order chi connectivity index (χ1) is 11.5. The summed E-state index contributed by atoms with van der Waals surface area (Å²) in [5, 5.41) is 2.13. The van der Waals surface area contributed by atoms with Gasteiger partial charge in [0, 0.05) is 25.8 Å². The van der Waals surface area contributed by atoms with E-state index in [1.165, 1.54) is 18.8 Å². The SMILES string of the molecule is COC(OC)c1cccc(-n2c(N)c3c(cc2=O)C(=O)NC3=O)c1. The van der Waals surface area contributed by atoms with E-state index in [1.54, 1.807) is 24.3 Å². The van der Waals surface area contributed by atoms with Gasteiger partial charge in [-0.1, -0.05) is 12.1 Å². The molecule has 3 rings (SSSR count). The monoisotopic (exact) mass is 329 g/mol. The van der Waals surface area contributed by atoms with Gasteiger partial charge in [-0.15, -0.1) is 0 Å². The van der Waals surface area contributed by atoms with Gasteiger partial charge in [0.05, 0.1) is 16.8 Å². The van der Waals surface area contributed by atoms with E-state index in [0.717, 1.165) is 6.07 Å². The Balaban J connectivity index is 2.20. The highest BCUT2D eigenvalue weighted by Gasteiger charge is 2.31. The van der Waals surface area contributed by atoms with Crippen molar-refractivity contribution in [3.05, 3.63) is 57.4 Å². The fourth-order valence-corrected chi connectivity index (χ4v) is 2.72. The number of carbonyl (C=O) groups excluding carboxylic acids is 2. The van der Waals surface area contributed by atoms with Gasteiger partial charge in [0.25, 0.3) is 17.4 Å².